The van der Waals surface area contributed by atoms with Gasteiger partial charge in [-0.25, -0.2) is 4.98 Å². The second-order valence-corrected chi connectivity index (χ2v) is 7.73. The number of alkyl halides is 2. The van der Waals surface area contributed by atoms with E-state index in [0.29, 0.717) is 0 Å². The lowest BCUT2D eigenvalue weighted by molar-refractivity contribution is -0.115. The van der Waals surface area contributed by atoms with Crippen LogP contribution in [0, 0.1) is 13.8 Å². The number of hydrogen-bond acceptors (Lipinski definition) is 4. The van der Waals surface area contributed by atoms with Gasteiger partial charge in [-0.3, -0.25) is 4.79 Å². The molecule has 0 bridgehead atoms. The van der Waals surface area contributed by atoms with Crippen molar-refractivity contribution in [3.63, 3.8) is 0 Å². The fourth-order valence-corrected chi connectivity index (χ4v) is 3.75. The minimum absolute atomic E-state index is 0.0710. The topological polar surface area (TPSA) is 51.2 Å². The fourth-order valence-electron chi connectivity index (χ4n) is 2.83. The second kappa shape index (κ2) is 8.56. The molecular formula is C21H20F2N2O2S. The number of carbonyl (C=O) groups is 1. The zero-order valence-electron chi connectivity index (χ0n) is 15.7. The highest BCUT2D eigenvalue weighted by Gasteiger charge is 2.19. The Bertz CT molecular complexity index is 1010. The molecule has 3 aromatic rings. The number of thioether (sulfide) groups is 1. The highest BCUT2D eigenvalue weighted by Crippen LogP contribution is 2.30. The van der Waals surface area contributed by atoms with Crippen LogP contribution in [0.25, 0.3) is 10.9 Å². The smallest absolute Gasteiger partial charge is 0.387 e. The highest BCUT2D eigenvalue weighted by molar-refractivity contribution is 8.00. The van der Waals surface area contributed by atoms with Crippen LogP contribution in [0.4, 0.5) is 14.5 Å². The molecule has 0 fully saturated rings. The Balaban J connectivity index is 1.77. The van der Waals surface area contributed by atoms with E-state index in [1.165, 1.54) is 23.9 Å². The molecule has 1 amide bonds. The molecule has 0 spiro atoms. The lowest BCUT2D eigenvalue weighted by Crippen LogP contribution is -2.23. The number of aryl methyl sites for hydroxylation is 2. The van der Waals surface area contributed by atoms with Gasteiger partial charge in [0.1, 0.15) is 5.75 Å². The van der Waals surface area contributed by atoms with Crippen LogP contribution in [0.15, 0.2) is 53.6 Å². The number of fused-ring (bicyclic) bond motifs is 1. The molecule has 28 heavy (non-hydrogen) atoms. The summed E-state index contributed by atoms with van der Waals surface area (Å²) in [7, 11) is 0. The van der Waals surface area contributed by atoms with Crippen molar-refractivity contribution in [2.45, 2.75) is 37.7 Å². The van der Waals surface area contributed by atoms with E-state index in [-0.39, 0.29) is 17.3 Å². The molecule has 0 aliphatic rings. The van der Waals surface area contributed by atoms with Gasteiger partial charge in [0.25, 0.3) is 0 Å². The SMILES string of the molecule is Cc1cc(S[C@@H](C)C(=O)Nc2ccccc2OC(F)F)nc2c(C)cccc12. The van der Waals surface area contributed by atoms with Crippen LogP contribution < -0.4 is 10.1 Å². The van der Waals surface area contributed by atoms with E-state index in [4.69, 9.17) is 0 Å². The average molecular weight is 402 g/mol. The number of para-hydroxylation sites is 3. The minimum Gasteiger partial charge on any atom is -0.433 e. The van der Waals surface area contributed by atoms with Crippen LogP contribution in [0.5, 0.6) is 5.75 Å². The van der Waals surface area contributed by atoms with Crippen LogP contribution in [0.2, 0.25) is 0 Å². The zero-order valence-corrected chi connectivity index (χ0v) is 16.5. The Hall–Kier alpha value is -2.67. The number of nitrogens with one attached hydrogen (secondary N) is 1. The number of hydrogen-bond donors (Lipinski definition) is 1. The van der Waals surface area contributed by atoms with Crippen LogP contribution in [0.3, 0.4) is 0 Å². The number of ether oxygens (including phenoxy) is 1. The third kappa shape index (κ3) is 4.59. The maximum atomic E-state index is 12.6. The Morgan fingerprint density at radius 3 is 2.61 bits per heavy atom. The number of aromatic nitrogens is 1. The van der Waals surface area contributed by atoms with Crippen LogP contribution in [-0.4, -0.2) is 22.8 Å². The van der Waals surface area contributed by atoms with Crippen LogP contribution in [-0.2, 0) is 4.79 Å². The number of halogens is 2. The monoisotopic (exact) mass is 402 g/mol. The van der Waals surface area contributed by atoms with Gasteiger partial charge in [0.2, 0.25) is 5.91 Å². The maximum absolute atomic E-state index is 12.6. The van der Waals surface area contributed by atoms with E-state index in [0.717, 1.165) is 27.1 Å². The first-order valence-corrected chi connectivity index (χ1v) is 9.61. The molecule has 2 aromatic carbocycles. The van der Waals surface area contributed by atoms with Gasteiger partial charge >= 0.3 is 6.61 Å². The van der Waals surface area contributed by atoms with Gasteiger partial charge in [0.05, 0.1) is 21.5 Å². The number of rotatable bonds is 6. The summed E-state index contributed by atoms with van der Waals surface area (Å²) in [6.45, 7) is 2.79. The standard InChI is InChI=1S/C21H20F2N2O2S/c1-12-7-6-8-15-13(2)11-18(25-19(12)15)28-14(3)20(26)24-16-9-4-5-10-17(16)27-21(22)23/h4-11,14,21H,1-3H3,(H,24,26)/t14-/m0/s1. The second-order valence-electron chi connectivity index (χ2n) is 6.37. The van der Waals surface area contributed by atoms with Crippen molar-refractivity contribution in [1.82, 2.24) is 4.98 Å². The summed E-state index contributed by atoms with van der Waals surface area (Å²) in [4.78, 5) is 17.2. The summed E-state index contributed by atoms with van der Waals surface area (Å²) in [5.41, 5.74) is 3.27. The van der Waals surface area contributed by atoms with Gasteiger partial charge in [-0.05, 0) is 50.1 Å². The quantitative estimate of drug-likeness (QED) is 0.548. The highest BCUT2D eigenvalue weighted by atomic mass is 32.2. The molecule has 0 radical (unpaired) electrons. The number of amides is 1. The summed E-state index contributed by atoms with van der Waals surface area (Å²) >= 11 is 1.32. The van der Waals surface area contributed by atoms with Crippen molar-refractivity contribution < 1.29 is 18.3 Å². The first-order chi connectivity index (χ1) is 13.3. The third-order valence-corrected chi connectivity index (χ3v) is 5.27. The van der Waals surface area contributed by atoms with E-state index < -0.39 is 11.9 Å². The molecule has 0 saturated carbocycles. The van der Waals surface area contributed by atoms with Gasteiger partial charge in [-0.2, -0.15) is 8.78 Å². The summed E-state index contributed by atoms with van der Waals surface area (Å²) < 4.78 is 29.5. The van der Waals surface area contributed by atoms with E-state index in [1.54, 1.807) is 19.1 Å². The van der Waals surface area contributed by atoms with Crippen molar-refractivity contribution >= 4 is 34.3 Å². The molecule has 4 nitrogen and oxygen atoms in total. The normalized spacial score (nSPS) is 12.2. The number of carbonyl (C=O) groups excluding carboxylic acids is 1. The summed E-state index contributed by atoms with van der Waals surface area (Å²) in [5, 5.41) is 3.99. The summed E-state index contributed by atoms with van der Waals surface area (Å²) in [6.07, 6.45) is 0. The molecule has 146 valence electrons. The van der Waals surface area contributed by atoms with Crippen molar-refractivity contribution in [3.05, 3.63) is 59.7 Å². The molecule has 1 N–H and O–H groups in total. The van der Waals surface area contributed by atoms with Gasteiger partial charge in [0.15, 0.2) is 0 Å². The van der Waals surface area contributed by atoms with Crippen LogP contribution in [0.1, 0.15) is 18.1 Å². The van der Waals surface area contributed by atoms with Gasteiger partial charge in [-0.15, -0.1) is 0 Å². The van der Waals surface area contributed by atoms with Crippen molar-refractivity contribution in [1.29, 1.82) is 0 Å². The van der Waals surface area contributed by atoms with Gasteiger partial charge < -0.3 is 10.1 Å². The molecule has 0 saturated heterocycles. The summed E-state index contributed by atoms with van der Waals surface area (Å²) in [6, 6.07) is 14.1. The van der Waals surface area contributed by atoms with Gasteiger partial charge in [-0.1, -0.05) is 42.1 Å². The van der Waals surface area contributed by atoms with Crippen molar-refractivity contribution in [3.8, 4) is 5.75 Å². The molecule has 0 unspecified atom stereocenters. The van der Waals surface area contributed by atoms with Crippen molar-refractivity contribution in [2.75, 3.05) is 5.32 Å². The number of benzene rings is 2. The fraction of sp³-hybridized carbons (Fsp3) is 0.238. The molecule has 1 heterocycles. The molecule has 1 aromatic heterocycles. The van der Waals surface area contributed by atoms with Crippen molar-refractivity contribution in [2.24, 2.45) is 0 Å². The zero-order chi connectivity index (χ0) is 20.3. The third-order valence-electron chi connectivity index (χ3n) is 4.25. The Labute approximate surface area is 166 Å². The molecule has 0 aliphatic heterocycles. The Morgan fingerprint density at radius 2 is 1.86 bits per heavy atom. The minimum atomic E-state index is -2.96. The molecular weight excluding hydrogens is 382 g/mol. The number of nitrogens with zero attached hydrogens (tertiary/aromatic N) is 1. The molecule has 0 aliphatic carbocycles. The van der Waals surface area contributed by atoms with E-state index in [2.05, 4.69) is 15.0 Å². The largest absolute Gasteiger partial charge is 0.433 e. The number of pyridine rings is 1. The predicted molar refractivity (Wildman–Crippen MR) is 108 cm³/mol. The Kier molecular flexibility index (Phi) is 6.14. The Morgan fingerprint density at radius 1 is 1.11 bits per heavy atom. The van der Waals surface area contributed by atoms with E-state index in [1.807, 2.05) is 38.1 Å². The van der Waals surface area contributed by atoms with E-state index in [9.17, 15) is 13.6 Å². The summed E-state index contributed by atoms with van der Waals surface area (Å²) in [5.74, 6) is -0.391. The lowest BCUT2D eigenvalue weighted by atomic mass is 10.1. The molecule has 3 rings (SSSR count). The number of anilines is 1. The van der Waals surface area contributed by atoms with E-state index >= 15 is 0 Å². The predicted octanol–water partition coefficient (Wildman–Crippen LogP) is 5.57. The lowest BCUT2D eigenvalue weighted by Gasteiger charge is -2.15. The average Bonchev–Trinajstić information content (AvgIpc) is 2.64. The van der Waals surface area contributed by atoms with Gasteiger partial charge in [0, 0.05) is 5.39 Å². The molecule has 7 heteroatoms. The molecule has 1 atom stereocenters. The first kappa shape index (κ1) is 20.1. The van der Waals surface area contributed by atoms with Crippen LogP contribution >= 0.6 is 11.8 Å². The first-order valence-electron chi connectivity index (χ1n) is 8.73. The maximum Gasteiger partial charge on any atom is 0.387 e.